The molecule has 2 aromatic carbocycles. The van der Waals surface area contributed by atoms with Crippen molar-refractivity contribution in [2.24, 2.45) is 0 Å². The Bertz CT molecular complexity index is 1320. The van der Waals surface area contributed by atoms with Crippen molar-refractivity contribution >= 4 is 11.6 Å². The Hall–Kier alpha value is -3.84. The zero-order chi connectivity index (χ0) is 25.7. The summed E-state index contributed by atoms with van der Waals surface area (Å²) in [6.07, 6.45) is 3.43. The van der Waals surface area contributed by atoms with Crippen molar-refractivity contribution in [2.75, 3.05) is 26.0 Å². The van der Waals surface area contributed by atoms with Gasteiger partial charge in [-0.25, -0.2) is 15.0 Å². The van der Waals surface area contributed by atoms with E-state index in [1.807, 2.05) is 68.7 Å². The van der Waals surface area contributed by atoms with Gasteiger partial charge in [-0.3, -0.25) is 4.79 Å². The molecule has 0 aliphatic rings. The standard InChI is InChI=1S/C29H33N5O2/c1-29(2,3)25-19-30-28(36-25)22-15-9-10-16-23(22)33-27(35)24-18-21(14-11-17-34(4)5)31-26(32-24)20-12-7-6-8-13-20/h6-10,12-13,15-16,18-19H,11,14,17H2,1-5H3,(H,33,35). The third-order valence-electron chi connectivity index (χ3n) is 5.73. The number of rotatable bonds is 8. The van der Waals surface area contributed by atoms with Crippen molar-refractivity contribution in [2.45, 2.75) is 39.0 Å². The number of amides is 1. The van der Waals surface area contributed by atoms with Crippen LogP contribution in [0.15, 0.2) is 71.3 Å². The number of aryl methyl sites for hydroxylation is 1. The third-order valence-corrected chi connectivity index (χ3v) is 5.73. The number of hydrogen-bond donors (Lipinski definition) is 1. The van der Waals surface area contributed by atoms with Gasteiger partial charge in [0.05, 0.1) is 17.4 Å². The molecule has 0 saturated carbocycles. The summed E-state index contributed by atoms with van der Waals surface area (Å²) in [4.78, 5) is 29.4. The number of hydrogen-bond acceptors (Lipinski definition) is 6. The largest absolute Gasteiger partial charge is 0.441 e. The second-order valence-electron chi connectivity index (χ2n) is 10.1. The average molecular weight is 484 g/mol. The van der Waals surface area contributed by atoms with Crippen molar-refractivity contribution in [3.63, 3.8) is 0 Å². The number of benzene rings is 2. The summed E-state index contributed by atoms with van der Waals surface area (Å²) in [5.74, 6) is 1.48. The van der Waals surface area contributed by atoms with Crippen LogP contribution in [-0.2, 0) is 11.8 Å². The van der Waals surface area contributed by atoms with Gasteiger partial charge in [-0.1, -0.05) is 63.2 Å². The van der Waals surface area contributed by atoms with Gasteiger partial charge in [0, 0.05) is 16.7 Å². The van der Waals surface area contributed by atoms with Crippen LogP contribution in [0.2, 0.25) is 0 Å². The minimum atomic E-state index is -0.307. The maximum absolute atomic E-state index is 13.4. The Morgan fingerprint density at radius 1 is 1.00 bits per heavy atom. The molecule has 0 saturated heterocycles. The summed E-state index contributed by atoms with van der Waals surface area (Å²) in [6.45, 7) is 7.15. The van der Waals surface area contributed by atoms with Crippen LogP contribution in [0.3, 0.4) is 0 Å². The van der Waals surface area contributed by atoms with Crippen LogP contribution in [-0.4, -0.2) is 46.4 Å². The van der Waals surface area contributed by atoms with Crippen LogP contribution < -0.4 is 5.32 Å². The first kappa shape index (κ1) is 25.3. The summed E-state index contributed by atoms with van der Waals surface area (Å²) in [5.41, 5.74) is 3.19. The molecule has 186 valence electrons. The van der Waals surface area contributed by atoms with E-state index < -0.39 is 0 Å². The number of oxazole rings is 1. The molecule has 2 aromatic heterocycles. The lowest BCUT2D eigenvalue weighted by Crippen LogP contribution is -2.17. The van der Waals surface area contributed by atoms with Gasteiger partial charge < -0.3 is 14.6 Å². The molecule has 0 spiro atoms. The normalized spacial score (nSPS) is 11.6. The highest BCUT2D eigenvalue weighted by Gasteiger charge is 2.22. The first-order valence-corrected chi connectivity index (χ1v) is 12.2. The summed E-state index contributed by atoms with van der Waals surface area (Å²) < 4.78 is 6.03. The molecule has 0 fully saturated rings. The molecule has 7 nitrogen and oxygen atoms in total. The number of nitrogens with zero attached hydrogens (tertiary/aromatic N) is 4. The Kier molecular flexibility index (Phi) is 7.60. The number of anilines is 1. The van der Waals surface area contributed by atoms with E-state index in [0.29, 0.717) is 28.7 Å². The molecular weight excluding hydrogens is 450 g/mol. The SMILES string of the molecule is CN(C)CCCc1cc(C(=O)Nc2ccccc2-c2ncc(C(C)(C)C)o2)nc(-c2ccccc2)n1. The molecule has 1 N–H and O–H groups in total. The first-order chi connectivity index (χ1) is 17.2. The number of carbonyl (C=O) groups excluding carboxylic acids is 1. The topological polar surface area (TPSA) is 84.2 Å². The maximum Gasteiger partial charge on any atom is 0.274 e. The van der Waals surface area contributed by atoms with E-state index >= 15 is 0 Å². The van der Waals surface area contributed by atoms with Crippen LogP contribution in [0.5, 0.6) is 0 Å². The lowest BCUT2D eigenvalue weighted by Gasteiger charge is -2.14. The number of aromatic nitrogens is 3. The van der Waals surface area contributed by atoms with Gasteiger partial charge in [0.1, 0.15) is 11.5 Å². The van der Waals surface area contributed by atoms with Crippen LogP contribution in [0, 0.1) is 0 Å². The van der Waals surface area contributed by atoms with E-state index in [1.54, 1.807) is 12.3 Å². The minimum Gasteiger partial charge on any atom is -0.441 e. The monoisotopic (exact) mass is 483 g/mol. The molecule has 7 heteroatoms. The van der Waals surface area contributed by atoms with Crippen molar-refractivity contribution in [1.82, 2.24) is 19.9 Å². The lowest BCUT2D eigenvalue weighted by atomic mass is 9.94. The number of nitrogens with one attached hydrogen (secondary N) is 1. The van der Waals surface area contributed by atoms with E-state index in [9.17, 15) is 4.79 Å². The summed E-state index contributed by atoms with van der Waals surface area (Å²) >= 11 is 0. The van der Waals surface area contributed by atoms with E-state index in [0.717, 1.165) is 36.4 Å². The first-order valence-electron chi connectivity index (χ1n) is 12.2. The van der Waals surface area contributed by atoms with Gasteiger partial charge in [0.25, 0.3) is 5.91 Å². The van der Waals surface area contributed by atoms with Crippen molar-refractivity contribution in [3.8, 4) is 22.8 Å². The second-order valence-corrected chi connectivity index (χ2v) is 10.1. The molecule has 36 heavy (non-hydrogen) atoms. The van der Waals surface area contributed by atoms with Crippen molar-refractivity contribution < 1.29 is 9.21 Å². The predicted molar refractivity (Wildman–Crippen MR) is 143 cm³/mol. The van der Waals surface area contributed by atoms with E-state index in [1.165, 1.54) is 0 Å². The quantitative estimate of drug-likeness (QED) is 0.339. The highest BCUT2D eigenvalue weighted by molar-refractivity contribution is 6.05. The van der Waals surface area contributed by atoms with Gasteiger partial charge in [0.2, 0.25) is 5.89 Å². The Balaban J connectivity index is 1.64. The molecule has 0 atom stereocenters. The zero-order valence-corrected chi connectivity index (χ0v) is 21.6. The van der Waals surface area contributed by atoms with Crippen LogP contribution in [0.1, 0.15) is 49.1 Å². The molecule has 2 heterocycles. The van der Waals surface area contributed by atoms with Gasteiger partial charge in [-0.15, -0.1) is 0 Å². The fraction of sp³-hybridized carbons (Fsp3) is 0.310. The van der Waals surface area contributed by atoms with Crippen molar-refractivity contribution in [1.29, 1.82) is 0 Å². The fourth-order valence-electron chi connectivity index (χ4n) is 3.74. The molecule has 4 aromatic rings. The van der Waals surface area contributed by atoms with Gasteiger partial charge in [-0.2, -0.15) is 0 Å². The molecule has 0 aliphatic heterocycles. The highest BCUT2D eigenvalue weighted by Crippen LogP contribution is 2.31. The third kappa shape index (κ3) is 6.23. The van der Waals surface area contributed by atoms with E-state index in [2.05, 4.69) is 41.0 Å². The Morgan fingerprint density at radius 3 is 2.42 bits per heavy atom. The van der Waals surface area contributed by atoms with E-state index in [-0.39, 0.29) is 11.3 Å². The van der Waals surface area contributed by atoms with Crippen molar-refractivity contribution in [3.05, 3.63) is 84.0 Å². The average Bonchev–Trinajstić information content (AvgIpc) is 3.35. The molecular formula is C29H33N5O2. The van der Waals surface area contributed by atoms with Crippen LogP contribution >= 0.6 is 0 Å². The summed E-state index contributed by atoms with van der Waals surface area (Å²) in [7, 11) is 4.09. The summed E-state index contributed by atoms with van der Waals surface area (Å²) in [6, 6.07) is 19.0. The Labute approximate surface area is 212 Å². The molecule has 0 radical (unpaired) electrons. The maximum atomic E-state index is 13.4. The van der Waals surface area contributed by atoms with E-state index in [4.69, 9.17) is 9.40 Å². The lowest BCUT2D eigenvalue weighted by molar-refractivity contribution is 0.102. The van der Waals surface area contributed by atoms with Gasteiger partial charge in [0.15, 0.2) is 5.82 Å². The van der Waals surface area contributed by atoms with Crippen LogP contribution in [0.25, 0.3) is 22.8 Å². The second kappa shape index (κ2) is 10.8. The smallest absolute Gasteiger partial charge is 0.274 e. The van der Waals surface area contributed by atoms with Gasteiger partial charge in [-0.05, 0) is 51.7 Å². The zero-order valence-electron chi connectivity index (χ0n) is 21.6. The molecule has 1 amide bonds. The predicted octanol–water partition coefficient (Wildman–Crippen LogP) is 5.84. The highest BCUT2D eigenvalue weighted by atomic mass is 16.4. The number of para-hydroxylation sites is 1. The number of carbonyl (C=O) groups is 1. The Morgan fingerprint density at radius 2 is 1.72 bits per heavy atom. The molecule has 4 rings (SSSR count). The molecule has 0 bridgehead atoms. The summed E-state index contributed by atoms with van der Waals surface area (Å²) in [5, 5.41) is 3.02. The molecule has 0 aliphatic carbocycles. The van der Waals surface area contributed by atoms with Crippen LogP contribution in [0.4, 0.5) is 5.69 Å². The van der Waals surface area contributed by atoms with Gasteiger partial charge >= 0.3 is 0 Å². The molecule has 0 unspecified atom stereocenters. The fourth-order valence-corrected chi connectivity index (χ4v) is 3.74. The minimum absolute atomic E-state index is 0.165.